The quantitative estimate of drug-likeness (QED) is 0.495. The topological polar surface area (TPSA) is 38.3 Å². The second-order valence-corrected chi connectivity index (χ2v) is 8.24. The van der Waals surface area contributed by atoms with Gasteiger partial charge in [0, 0.05) is 28.2 Å². The summed E-state index contributed by atoms with van der Waals surface area (Å²) in [5.41, 5.74) is 5.62. The summed E-state index contributed by atoms with van der Waals surface area (Å²) in [6, 6.07) is 16.7. The van der Waals surface area contributed by atoms with Crippen molar-refractivity contribution in [3.8, 4) is 16.9 Å². The number of carbonyl (C=O) groups excluding carboxylic acids is 1. The second kappa shape index (κ2) is 8.19. The number of thiophene rings is 1. The van der Waals surface area contributed by atoms with Gasteiger partial charge in [0.15, 0.2) is 0 Å². The van der Waals surface area contributed by atoms with Gasteiger partial charge in [0.2, 0.25) is 5.91 Å². The summed E-state index contributed by atoms with van der Waals surface area (Å²) in [5.74, 6) is 1.06. The maximum atomic E-state index is 12.5. The molecule has 0 saturated carbocycles. The molecule has 1 amide bonds. The van der Waals surface area contributed by atoms with Crippen LogP contribution in [0.2, 0.25) is 0 Å². The first-order valence-corrected chi connectivity index (χ1v) is 10.7. The molecular weight excluding hydrogens is 366 g/mol. The van der Waals surface area contributed by atoms with Crippen LogP contribution < -0.4 is 10.1 Å². The van der Waals surface area contributed by atoms with E-state index in [0.717, 1.165) is 47.6 Å². The molecule has 0 bridgehead atoms. The highest BCUT2D eigenvalue weighted by atomic mass is 32.1. The minimum Gasteiger partial charge on any atom is -0.494 e. The summed E-state index contributed by atoms with van der Waals surface area (Å²) < 4.78 is 5.77. The van der Waals surface area contributed by atoms with Crippen molar-refractivity contribution in [3.05, 3.63) is 69.9 Å². The summed E-state index contributed by atoms with van der Waals surface area (Å²) in [6.45, 7) is 4.99. The maximum absolute atomic E-state index is 12.5. The Labute approximate surface area is 170 Å². The Morgan fingerprint density at radius 1 is 1.11 bits per heavy atom. The molecule has 3 nitrogen and oxygen atoms in total. The van der Waals surface area contributed by atoms with Gasteiger partial charge in [-0.05, 0) is 36.6 Å². The Balaban J connectivity index is 1.62. The fourth-order valence-electron chi connectivity index (χ4n) is 3.57. The van der Waals surface area contributed by atoms with Crippen molar-refractivity contribution in [1.29, 1.82) is 0 Å². The average Bonchev–Trinajstić information content (AvgIpc) is 3.12. The standard InChI is InChI=1S/C24H25NO2S/c1-3-4-13-27-19-11-9-17(10-12-19)20-14-22(26)25-23-21(15-28-24(20)23)18-7-5-16(2)6-8-18/h5-12,15,20H,3-4,13-14H2,1-2H3,(H,25,26)/t20-/m1/s1. The molecule has 4 rings (SSSR count). The molecule has 3 aromatic rings. The lowest BCUT2D eigenvalue weighted by Crippen LogP contribution is -2.22. The van der Waals surface area contributed by atoms with E-state index >= 15 is 0 Å². The van der Waals surface area contributed by atoms with Gasteiger partial charge in [-0.3, -0.25) is 4.79 Å². The zero-order chi connectivity index (χ0) is 19.5. The zero-order valence-corrected chi connectivity index (χ0v) is 17.1. The molecule has 144 valence electrons. The predicted octanol–water partition coefficient (Wildman–Crippen LogP) is 6.38. The number of rotatable bonds is 6. The predicted molar refractivity (Wildman–Crippen MR) is 116 cm³/mol. The Morgan fingerprint density at radius 2 is 1.86 bits per heavy atom. The largest absolute Gasteiger partial charge is 0.494 e. The Hall–Kier alpha value is -2.59. The number of hydrogen-bond donors (Lipinski definition) is 1. The summed E-state index contributed by atoms with van der Waals surface area (Å²) in [4.78, 5) is 13.7. The molecule has 1 aliphatic rings. The van der Waals surface area contributed by atoms with Gasteiger partial charge in [0.05, 0.1) is 12.3 Å². The summed E-state index contributed by atoms with van der Waals surface area (Å²) in [6.07, 6.45) is 2.67. The minimum atomic E-state index is 0.0764. The van der Waals surface area contributed by atoms with E-state index in [0.29, 0.717) is 6.42 Å². The van der Waals surface area contributed by atoms with E-state index in [1.54, 1.807) is 11.3 Å². The lowest BCUT2D eigenvalue weighted by atomic mass is 9.89. The first-order valence-electron chi connectivity index (χ1n) is 9.86. The van der Waals surface area contributed by atoms with Gasteiger partial charge < -0.3 is 10.1 Å². The summed E-state index contributed by atoms with van der Waals surface area (Å²) in [5, 5.41) is 5.28. The van der Waals surface area contributed by atoms with Crippen LogP contribution in [0.1, 0.15) is 48.1 Å². The molecular formula is C24H25NO2S. The Kier molecular flexibility index (Phi) is 5.49. The lowest BCUT2D eigenvalue weighted by Gasteiger charge is -2.24. The number of aryl methyl sites for hydroxylation is 1. The monoisotopic (exact) mass is 391 g/mol. The smallest absolute Gasteiger partial charge is 0.225 e. The number of hydrogen-bond acceptors (Lipinski definition) is 3. The van der Waals surface area contributed by atoms with Gasteiger partial charge in [-0.15, -0.1) is 11.3 Å². The van der Waals surface area contributed by atoms with Gasteiger partial charge in [-0.25, -0.2) is 0 Å². The zero-order valence-electron chi connectivity index (χ0n) is 16.3. The minimum absolute atomic E-state index is 0.0764. The van der Waals surface area contributed by atoms with Gasteiger partial charge in [-0.2, -0.15) is 0 Å². The van der Waals surface area contributed by atoms with Crippen molar-refractivity contribution in [2.45, 2.75) is 39.0 Å². The van der Waals surface area contributed by atoms with Gasteiger partial charge in [-0.1, -0.05) is 55.3 Å². The number of carbonyl (C=O) groups is 1. The van der Waals surface area contributed by atoms with Crippen LogP contribution in [-0.4, -0.2) is 12.5 Å². The fourth-order valence-corrected chi connectivity index (χ4v) is 4.73. The number of unbranched alkanes of at least 4 members (excludes halogenated alkanes) is 1. The molecule has 1 N–H and O–H groups in total. The van der Waals surface area contributed by atoms with Crippen LogP contribution in [-0.2, 0) is 4.79 Å². The molecule has 0 spiro atoms. The number of benzene rings is 2. The van der Waals surface area contributed by atoms with E-state index in [2.05, 4.69) is 60.9 Å². The molecule has 1 aliphatic heterocycles. The van der Waals surface area contributed by atoms with Crippen LogP contribution in [0.3, 0.4) is 0 Å². The summed E-state index contributed by atoms with van der Waals surface area (Å²) >= 11 is 1.73. The Morgan fingerprint density at radius 3 is 2.57 bits per heavy atom. The van der Waals surface area contributed by atoms with Crippen molar-refractivity contribution in [2.75, 3.05) is 11.9 Å². The van der Waals surface area contributed by atoms with Gasteiger partial charge >= 0.3 is 0 Å². The molecule has 0 saturated heterocycles. The highest BCUT2D eigenvalue weighted by Crippen LogP contribution is 2.46. The van der Waals surface area contributed by atoms with Crippen LogP contribution in [0.15, 0.2) is 53.9 Å². The van der Waals surface area contributed by atoms with Crippen molar-refractivity contribution in [2.24, 2.45) is 0 Å². The van der Waals surface area contributed by atoms with Crippen LogP contribution in [0.4, 0.5) is 5.69 Å². The van der Waals surface area contributed by atoms with E-state index in [-0.39, 0.29) is 11.8 Å². The van der Waals surface area contributed by atoms with Crippen LogP contribution >= 0.6 is 11.3 Å². The maximum Gasteiger partial charge on any atom is 0.225 e. The molecule has 4 heteroatoms. The third kappa shape index (κ3) is 3.83. The van der Waals surface area contributed by atoms with Gasteiger partial charge in [0.1, 0.15) is 5.75 Å². The molecule has 1 aromatic heterocycles. The molecule has 0 aliphatic carbocycles. The molecule has 28 heavy (non-hydrogen) atoms. The first-order chi connectivity index (χ1) is 13.7. The van der Waals surface area contributed by atoms with Crippen molar-refractivity contribution >= 4 is 22.9 Å². The third-order valence-electron chi connectivity index (χ3n) is 5.20. The fraction of sp³-hybridized carbons (Fsp3) is 0.292. The normalized spacial score (nSPS) is 15.8. The number of amides is 1. The number of anilines is 1. The van der Waals surface area contributed by atoms with E-state index in [4.69, 9.17) is 4.74 Å². The molecule has 2 heterocycles. The first kappa shape index (κ1) is 18.8. The number of nitrogens with one attached hydrogen (secondary N) is 1. The number of fused-ring (bicyclic) bond motifs is 1. The van der Waals surface area contributed by atoms with Crippen LogP contribution in [0.25, 0.3) is 11.1 Å². The van der Waals surface area contributed by atoms with Gasteiger partial charge in [0.25, 0.3) is 0 Å². The molecule has 2 aromatic carbocycles. The third-order valence-corrected chi connectivity index (χ3v) is 6.30. The molecule has 0 radical (unpaired) electrons. The van der Waals surface area contributed by atoms with Crippen molar-refractivity contribution < 1.29 is 9.53 Å². The van der Waals surface area contributed by atoms with Crippen LogP contribution in [0.5, 0.6) is 5.75 Å². The number of ether oxygens (including phenoxy) is 1. The van der Waals surface area contributed by atoms with E-state index in [1.807, 2.05) is 12.1 Å². The van der Waals surface area contributed by atoms with Crippen molar-refractivity contribution in [3.63, 3.8) is 0 Å². The van der Waals surface area contributed by atoms with E-state index < -0.39 is 0 Å². The highest BCUT2D eigenvalue weighted by Gasteiger charge is 2.30. The van der Waals surface area contributed by atoms with E-state index in [9.17, 15) is 4.79 Å². The molecule has 0 unspecified atom stereocenters. The van der Waals surface area contributed by atoms with Crippen LogP contribution in [0, 0.1) is 6.92 Å². The SMILES string of the molecule is CCCCOc1ccc([C@H]2CC(=O)Nc3c(-c4ccc(C)cc4)csc32)cc1. The average molecular weight is 392 g/mol. The lowest BCUT2D eigenvalue weighted by molar-refractivity contribution is -0.116. The van der Waals surface area contributed by atoms with E-state index in [1.165, 1.54) is 10.4 Å². The molecule has 0 fully saturated rings. The Bertz CT molecular complexity index is 957. The summed E-state index contributed by atoms with van der Waals surface area (Å²) in [7, 11) is 0. The van der Waals surface area contributed by atoms with Crippen molar-refractivity contribution in [1.82, 2.24) is 0 Å². The second-order valence-electron chi connectivity index (χ2n) is 7.33. The molecule has 1 atom stereocenters. The highest BCUT2D eigenvalue weighted by molar-refractivity contribution is 7.11.